The molecule has 0 aromatic heterocycles. The van der Waals surface area contributed by atoms with Gasteiger partial charge < -0.3 is 14.9 Å². The number of carboxylic acids is 1. The minimum Gasteiger partial charge on any atom is -0.507 e. The molecule has 0 radical (unpaired) electrons. The number of fused-ring (bicyclic) bond motifs is 3. The summed E-state index contributed by atoms with van der Waals surface area (Å²) in [4.78, 5) is 66.0. The van der Waals surface area contributed by atoms with Crippen LogP contribution in [0.3, 0.4) is 0 Å². The number of aromatic hydroxyl groups is 1. The first kappa shape index (κ1) is 28.3. The third-order valence-electron chi connectivity index (χ3n) is 8.99. The average Bonchev–Trinajstić information content (AvgIpc) is 3.23. The molecular formula is C34H31NO8. The van der Waals surface area contributed by atoms with Crippen LogP contribution in [-0.4, -0.2) is 51.0 Å². The molecule has 2 aromatic carbocycles. The molecule has 1 aliphatic heterocycles. The normalized spacial score (nSPS) is 24.7. The van der Waals surface area contributed by atoms with Crippen molar-refractivity contribution in [3.05, 3.63) is 94.1 Å². The molecule has 1 heterocycles. The molecule has 9 heteroatoms. The second kappa shape index (κ2) is 11.1. The predicted octanol–water partition coefficient (Wildman–Crippen LogP) is 4.27. The number of amides is 2. The highest BCUT2D eigenvalue weighted by molar-refractivity contribution is 6.23. The maximum Gasteiger partial charge on any atom is 0.303 e. The minimum absolute atomic E-state index is 0.0148. The van der Waals surface area contributed by atoms with Gasteiger partial charge in [-0.05, 0) is 49.8 Å². The number of imide groups is 1. The Morgan fingerprint density at radius 1 is 1.02 bits per heavy atom. The largest absolute Gasteiger partial charge is 0.507 e. The number of carbonyl (C=O) groups excluding carboxylic acids is 4. The molecule has 9 nitrogen and oxygen atoms in total. The lowest BCUT2D eigenvalue weighted by Gasteiger charge is -2.42. The van der Waals surface area contributed by atoms with Crippen molar-refractivity contribution < 1.29 is 38.9 Å². The van der Waals surface area contributed by atoms with E-state index in [4.69, 9.17) is 9.84 Å². The lowest BCUT2D eigenvalue weighted by Crippen LogP contribution is -2.39. The first-order chi connectivity index (χ1) is 20.7. The van der Waals surface area contributed by atoms with E-state index in [-0.39, 0.29) is 61.4 Å². The Labute approximate surface area is 248 Å². The summed E-state index contributed by atoms with van der Waals surface area (Å²) in [5.41, 5.74) is 3.01. The molecule has 2 N–H and O–H groups in total. The number of carboxylic acid groups (broad SMARTS) is 1. The van der Waals surface area contributed by atoms with E-state index in [1.165, 1.54) is 12.1 Å². The zero-order chi connectivity index (χ0) is 30.4. The second-order valence-electron chi connectivity index (χ2n) is 11.5. The highest BCUT2D eigenvalue weighted by atomic mass is 16.5. The van der Waals surface area contributed by atoms with Gasteiger partial charge in [-0.25, -0.2) is 0 Å². The standard InChI is InChI=1S/C34H31NO8/c1-18-14-27(37)31-25(32(18)40)16-24-21(11-12-23-30(24)34(42)35(33(23)41)13-5-8-28(38)39)29(31)22-10-9-20(15-26(22)36)43-17-19-6-3-2-4-7-19/h2-4,6-7,9-11,14-15,23-24,29-30,36H,5,8,12-13,16-17H2,1H3,(H,38,39). The van der Waals surface area contributed by atoms with Gasteiger partial charge >= 0.3 is 5.97 Å². The Balaban J connectivity index is 1.36. The molecule has 1 fully saturated rings. The fourth-order valence-electron chi connectivity index (χ4n) is 7.01. The van der Waals surface area contributed by atoms with E-state index in [1.807, 2.05) is 36.4 Å². The summed E-state index contributed by atoms with van der Waals surface area (Å²) in [7, 11) is 0. The molecule has 4 aliphatic rings. The third kappa shape index (κ3) is 4.98. The summed E-state index contributed by atoms with van der Waals surface area (Å²) in [5.74, 6) is -4.66. The van der Waals surface area contributed by atoms with Crippen molar-refractivity contribution in [2.45, 2.75) is 45.1 Å². The fourth-order valence-corrected chi connectivity index (χ4v) is 7.01. The first-order valence-corrected chi connectivity index (χ1v) is 14.4. The number of hydrogen-bond donors (Lipinski definition) is 2. The van der Waals surface area contributed by atoms with Crippen molar-refractivity contribution in [3.63, 3.8) is 0 Å². The number of rotatable bonds is 8. The molecule has 220 valence electrons. The van der Waals surface area contributed by atoms with E-state index in [0.717, 1.165) is 16.0 Å². The van der Waals surface area contributed by atoms with Gasteiger partial charge in [0, 0.05) is 47.2 Å². The maximum atomic E-state index is 13.7. The van der Waals surface area contributed by atoms with Crippen molar-refractivity contribution in [3.8, 4) is 11.5 Å². The van der Waals surface area contributed by atoms with E-state index >= 15 is 0 Å². The van der Waals surface area contributed by atoms with Gasteiger partial charge in [-0.1, -0.05) is 48.0 Å². The molecular weight excluding hydrogens is 550 g/mol. The number of ether oxygens (including phenoxy) is 1. The van der Waals surface area contributed by atoms with E-state index < -0.39 is 29.6 Å². The molecule has 2 aromatic rings. The van der Waals surface area contributed by atoms with Crippen LogP contribution in [0.5, 0.6) is 11.5 Å². The number of hydrogen-bond acceptors (Lipinski definition) is 7. The molecule has 4 unspecified atom stereocenters. The Hall–Kier alpha value is -4.79. The number of allylic oxidation sites excluding steroid dienone is 6. The van der Waals surface area contributed by atoms with Crippen LogP contribution in [0.2, 0.25) is 0 Å². The number of carbonyl (C=O) groups is 5. The molecule has 0 spiro atoms. The summed E-state index contributed by atoms with van der Waals surface area (Å²) >= 11 is 0. The van der Waals surface area contributed by atoms with E-state index in [9.17, 15) is 29.1 Å². The number of likely N-dealkylation sites (tertiary alicyclic amines) is 1. The number of benzene rings is 2. The SMILES string of the molecule is CC1=CC(=O)C2=C(CC3C(=CCC4C(=O)N(CCCC(=O)O)C(=O)C43)C2c2ccc(OCc3ccccc3)cc2O)C1=O. The van der Waals surface area contributed by atoms with Gasteiger partial charge in [0.1, 0.15) is 18.1 Å². The maximum absolute atomic E-state index is 13.7. The Bertz CT molecular complexity index is 1650. The Morgan fingerprint density at radius 3 is 2.51 bits per heavy atom. The zero-order valence-corrected chi connectivity index (χ0v) is 23.6. The van der Waals surface area contributed by atoms with E-state index in [1.54, 1.807) is 19.1 Å². The first-order valence-electron chi connectivity index (χ1n) is 14.4. The molecule has 2 amide bonds. The Kier molecular flexibility index (Phi) is 7.33. The summed E-state index contributed by atoms with van der Waals surface area (Å²) in [5, 5.41) is 20.3. The summed E-state index contributed by atoms with van der Waals surface area (Å²) in [6, 6.07) is 14.5. The van der Waals surface area contributed by atoms with E-state index in [2.05, 4.69) is 0 Å². The monoisotopic (exact) mass is 581 g/mol. The molecule has 1 saturated heterocycles. The van der Waals surface area contributed by atoms with Crippen molar-refractivity contribution in [2.24, 2.45) is 17.8 Å². The topological polar surface area (TPSA) is 138 Å². The smallest absolute Gasteiger partial charge is 0.303 e. The number of nitrogens with zero attached hydrogens (tertiary/aromatic N) is 1. The third-order valence-corrected chi connectivity index (χ3v) is 8.99. The molecule has 43 heavy (non-hydrogen) atoms. The summed E-state index contributed by atoms with van der Waals surface area (Å²) in [6.07, 6.45) is 3.60. The minimum atomic E-state index is -1.00. The van der Waals surface area contributed by atoms with Crippen LogP contribution in [0.4, 0.5) is 0 Å². The van der Waals surface area contributed by atoms with Crippen molar-refractivity contribution in [1.29, 1.82) is 0 Å². The molecule has 0 saturated carbocycles. The average molecular weight is 582 g/mol. The van der Waals surface area contributed by atoms with Crippen LogP contribution in [-0.2, 0) is 30.6 Å². The van der Waals surface area contributed by atoms with Crippen molar-refractivity contribution in [2.75, 3.05) is 6.54 Å². The molecule has 6 rings (SSSR count). The van der Waals surface area contributed by atoms with Gasteiger partial charge in [0.2, 0.25) is 11.8 Å². The molecule has 3 aliphatic carbocycles. The number of aliphatic carboxylic acids is 1. The fraction of sp³-hybridized carbons (Fsp3) is 0.324. The molecule has 4 atom stereocenters. The van der Waals surface area contributed by atoms with Crippen LogP contribution in [0, 0.1) is 17.8 Å². The highest BCUT2D eigenvalue weighted by Gasteiger charge is 2.56. The molecule has 0 bridgehead atoms. The van der Waals surface area contributed by atoms with Gasteiger partial charge in [0.25, 0.3) is 0 Å². The highest BCUT2D eigenvalue weighted by Crippen LogP contribution is 2.56. The van der Waals surface area contributed by atoms with Gasteiger partial charge in [-0.3, -0.25) is 28.9 Å². The second-order valence-corrected chi connectivity index (χ2v) is 11.5. The van der Waals surface area contributed by atoms with E-state index in [0.29, 0.717) is 34.6 Å². The van der Waals surface area contributed by atoms with Crippen molar-refractivity contribution in [1.82, 2.24) is 4.90 Å². The van der Waals surface area contributed by atoms with Gasteiger partial charge in [0.05, 0.1) is 11.8 Å². The van der Waals surface area contributed by atoms with Crippen molar-refractivity contribution >= 4 is 29.4 Å². The number of phenols is 1. The van der Waals surface area contributed by atoms with Crippen LogP contribution in [0.15, 0.2) is 83.0 Å². The lowest BCUT2D eigenvalue weighted by molar-refractivity contribution is -0.142. The van der Waals surface area contributed by atoms with Gasteiger partial charge in [-0.2, -0.15) is 0 Å². The van der Waals surface area contributed by atoms with Crippen LogP contribution in [0.1, 0.15) is 49.7 Å². The Morgan fingerprint density at radius 2 is 1.79 bits per heavy atom. The van der Waals surface area contributed by atoms with Crippen LogP contribution < -0.4 is 4.74 Å². The van der Waals surface area contributed by atoms with Crippen LogP contribution in [0.25, 0.3) is 0 Å². The van der Waals surface area contributed by atoms with Gasteiger partial charge in [-0.15, -0.1) is 0 Å². The summed E-state index contributed by atoms with van der Waals surface area (Å²) in [6.45, 7) is 1.89. The number of phenolic OH excluding ortho intramolecular Hbond substituents is 1. The number of ketones is 2. The summed E-state index contributed by atoms with van der Waals surface area (Å²) < 4.78 is 5.88. The lowest BCUT2D eigenvalue weighted by atomic mass is 9.59. The number of Topliss-reactive ketones (excluding diaryl/α,β-unsaturated/α-hetero) is 1. The zero-order valence-electron chi connectivity index (χ0n) is 23.6. The quantitative estimate of drug-likeness (QED) is 0.268. The van der Waals surface area contributed by atoms with Gasteiger partial charge in [0.15, 0.2) is 11.6 Å². The predicted molar refractivity (Wildman–Crippen MR) is 154 cm³/mol. The van der Waals surface area contributed by atoms with Crippen LogP contribution >= 0.6 is 0 Å².